The van der Waals surface area contributed by atoms with Gasteiger partial charge in [-0.3, -0.25) is 14.5 Å². The van der Waals surface area contributed by atoms with E-state index in [1.54, 1.807) is 61.7 Å². The number of aromatic amines is 1. The monoisotopic (exact) mass is 519 g/mol. The first-order chi connectivity index (χ1) is 17.9. The molecule has 37 heavy (non-hydrogen) atoms. The van der Waals surface area contributed by atoms with Crippen molar-refractivity contribution in [2.45, 2.75) is 6.04 Å². The molecule has 1 amide bonds. The van der Waals surface area contributed by atoms with E-state index in [9.17, 15) is 14.7 Å². The highest BCUT2D eigenvalue weighted by Crippen LogP contribution is 2.43. The molecule has 0 bridgehead atoms. The van der Waals surface area contributed by atoms with Crippen LogP contribution in [0.5, 0.6) is 17.2 Å². The highest BCUT2D eigenvalue weighted by molar-refractivity contribution is 6.51. The second-order valence-electron chi connectivity index (χ2n) is 8.23. The predicted molar refractivity (Wildman–Crippen MR) is 138 cm³/mol. The van der Waals surface area contributed by atoms with Gasteiger partial charge in [-0.2, -0.15) is 0 Å². The molecule has 1 aliphatic rings. The molecule has 9 nitrogen and oxygen atoms in total. The number of rotatable bonds is 6. The van der Waals surface area contributed by atoms with Crippen molar-refractivity contribution in [3.8, 4) is 17.2 Å². The number of carbonyl (C=O) groups is 2. The number of aliphatic hydroxyl groups excluding tert-OH is 1. The molecule has 0 radical (unpaired) electrons. The van der Waals surface area contributed by atoms with E-state index in [1.807, 2.05) is 0 Å². The highest BCUT2D eigenvalue weighted by atomic mass is 35.5. The van der Waals surface area contributed by atoms with Gasteiger partial charge in [0, 0.05) is 11.1 Å². The van der Waals surface area contributed by atoms with Gasteiger partial charge in [0.15, 0.2) is 0 Å². The van der Waals surface area contributed by atoms with Crippen molar-refractivity contribution in [1.82, 2.24) is 9.97 Å². The van der Waals surface area contributed by atoms with E-state index in [1.165, 1.54) is 25.2 Å². The van der Waals surface area contributed by atoms with Gasteiger partial charge in [0.2, 0.25) is 5.95 Å². The first-order valence-electron chi connectivity index (χ1n) is 11.2. The maximum absolute atomic E-state index is 13.4. The number of aliphatic hydroxyl groups is 1. The summed E-state index contributed by atoms with van der Waals surface area (Å²) >= 11 is 6.18. The number of hydrogen-bond donors (Lipinski definition) is 2. The molecule has 5 rings (SSSR count). The minimum absolute atomic E-state index is 0.131. The average molecular weight is 520 g/mol. The standard InChI is InChI=1S/C27H22ClN3O6/c1-35-16-7-4-14(5-8-16)23-22(24(32)18-12-15(28)6-11-21(18)37-3)25(33)26(34)31(23)27-29-19-10-9-17(36-2)13-20(19)30-27/h4-13,23,32H,1-3H3,(H,29,30)/b24-22+. The molecular weight excluding hydrogens is 498 g/mol. The van der Waals surface area contributed by atoms with Gasteiger partial charge in [-0.1, -0.05) is 23.7 Å². The number of amides is 1. The fraction of sp³-hybridized carbons (Fsp3) is 0.148. The average Bonchev–Trinajstić information content (AvgIpc) is 3.45. The molecule has 1 aromatic heterocycles. The van der Waals surface area contributed by atoms with Gasteiger partial charge in [-0.25, -0.2) is 4.98 Å². The van der Waals surface area contributed by atoms with Crippen molar-refractivity contribution in [3.63, 3.8) is 0 Å². The van der Waals surface area contributed by atoms with Crippen LogP contribution in [0, 0.1) is 0 Å². The van der Waals surface area contributed by atoms with E-state index >= 15 is 0 Å². The van der Waals surface area contributed by atoms with E-state index in [0.29, 0.717) is 33.1 Å². The molecule has 0 aliphatic carbocycles. The number of nitrogens with zero attached hydrogens (tertiary/aromatic N) is 2. The quantitative estimate of drug-likeness (QED) is 0.212. The van der Waals surface area contributed by atoms with E-state index < -0.39 is 23.5 Å². The molecular formula is C27H22ClN3O6. The molecule has 1 aliphatic heterocycles. The summed E-state index contributed by atoms with van der Waals surface area (Å²) in [6, 6.07) is 15.7. The molecule has 3 aromatic carbocycles. The molecule has 1 atom stereocenters. The van der Waals surface area contributed by atoms with E-state index in [4.69, 9.17) is 25.8 Å². The number of H-pyrrole nitrogens is 1. The van der Waals surface area contributed by atoms with Crippen LogP contribution in [-0.2, 0) is 9.59 Å². The Morgan fingerprint density at radius 3 is 2.32 bits per heavy atom. The third-order valence-electron chi connectivity index (χ3n) is 6.20. The number of halogens is 1. The fourth-order valence-electron chi connectivity index (χ4n) is 4.38. The zero-order chi connectivity index (χ0) is 26.3. The van der Waals surface area contributed by atoms with Crippen molar-refractivity contribution in [1.29, 1.82) is 0 Å². The van der Waals surface area contributed by atoms with Gasteiger partial charge in [0.25, 0.3) is 5.78 Å². The topological polar surface area (TPSA) is 114 Å². The van der Waals surface area contributed by atoms with E-state index in [2.05, 4.69) is 9.97 Å². The maximum atomic E-state index is 13.4. The number of fused-ring (bicyclic) bond motifs is 1. The van der Waals surface area contributed by atoms with Crippen molar-refractivity contribution >= 4 is 46.0 Å². The normalized spacial score (nSPS) is 16.9. The lowest BCUT2D eigenvalue weighted by atomic mass is 9.95. The molecule has 188 valence electrons. The summed E-state index contributed by atoms with van der Waals surface area (Å²) in [5.74, 6) is -0.523. The summed E-state index contributed by atoms with van der Waals surface area (Å²) in [6.45, 7) is 0. The zero-order valence-electron chi connectivity index (χ0n) is 20.1. The Bertz CT molecular complexity index is 1560. The number of carbonyl (C=O) groups excluding carboxylic acids is 2. The summed E-state index contributed by atoms with van der Waals surface area (Å²) in [4.78, 5) is 35.8. The van der Waals surface area contributed by atoms with Crippen LogP contribution in [-0.4, -0.2) is 48.1 Å². The van der Waals surface area contributed by atoms with Crippen LogP contribution in [0.2, 0.25) is 5.02 Å². The van der Waals surface area contributed by atoms with Gasteiger partial charge in [0.1, 0.15) is 23.0 Å². The molecule has 10 heteroatoms. The maximum Gasteiger partial charge on any atom is 0.302 e. The number of ketones is 1. The summed E-state index contributed by atoms with van der Waals surface area (Å²) < 4.78 is 15.9. The van der Waals surface area contributed by atoms with Crippen LogP contribution < -0.4 is 19.1 Å². The Labute approximate surface area is 216 Å². The van der Waals surface area contributed by atoms with Crippen LogP contribution in [0.1, 0.15) is 17.2 Å². The third kappa shape index (κ3) is 4.13. The predicted octanol–water partition coefficient (Wildman–Crippen LogP) is 4.87. The summed E-state index contributed by atoms with van der Waals surface area (Å²) in [5.41, 5.74) is 1.79. The smallest absolute Gasteiger partial charge is 0.302 e. The lowest BCUT2D eigenvalue weighted by Crippen LogP contribution is -2.30. The Morgan fingerprint density at radius 2 is 1.65 bits per heavy atom. The molecule has 0 saturated carbocycles. The summed E-state index contributed by atoms with van der Waals surface area (Å²) in [7, 11) is 4.52. The summed E-state index contributed by atoms with van der Waals surface area (Å²) in [5, 5.41) is 11.7. The Hall–Kier alpha value is -4.50. The van der Waals surface area contributed by atoms with Crippen LogP contribution >= 0.6 is 11.6 Å². The Balaban J connectivity index is 1.74. The third-order valence-corrected chi connectivity index (χ3v) is 6.43. The number of methoxy groups -OCH3 is 3. The number of hydrogen-bond acceptors (Lipinski definition) is 7. The van der Waals surface area contributed by atoms with Crippen LogP contribution in [0.4, 0.5) is 5.95 Å². The number of nitrogens with one attached hydrogen (secondary N) is 1. The fourth-order valence-corrected chi connectivity index (χ4v) is 4.55. The van der Waals surface area contributed by atoms with Crippen LogP contribution in [0.25, 0.3) is 16.8 Å². The van der Waals surface area contributed by atoms with Gasteiger partial charge in [-0.05, 0) is 48.0 Å². The second-order valence-corrected chi connectivity index (χ2v) is 8.67. The number of anilines is 1. The summed E-state index contributed by atoms with van der Waals surface area (Å²) in [6.07, 6.45) is 0. The van der Waals surface area contributed by atoms with Gasteiger partial charge in [-0.15, -0.1) is 0 Å². The van der Waals surface area contributed by atoms with Crippen LogP contribution in [0.3, 0.4) is 0 Å². The first-order valence-corrected chi connectivity index (χ1v) is 11.6. The number of aromatic nitrogens is 2. The largest absolute Gasteiger partial charge is 0.507 e. The van der Waals surface area contributed by atoms with E-state index in [-0.39, 0.29) is 22.8 Å². The van der Waals surface area contributed by atoms with Gasteiger partial charge in [0.05, 0.1) is 49.5 Å². The SMILES string of the molecule is COc1ccc(C2/C(=C(\O)c3cc(Cl)ccc3OC)C(=O)C(=O)N2c2nc3ccc(OC)cc3[nH]2)cc1. The minimum atomic E-state index is -1.00. The molecule has 2 heterocycles. The lowest BCUT2D eigenvalue weighted by molar-refractivity contribution is -0.132. The van der Waals surface area contributed by atoms with Gasteiger partial charge < -0.3 is 24.3 Å². The lowest BCUT2D eigenvalue weighted by Gasteiger charge is -2.23. The molecule has 0 spiro atoms. The molecule has 4 aromatic rings. The van der Waals surface area contributed by atoms with Crippen molar-refractivity contribution in [3.05, 3.63) is 82.4 Å². The Morgan fingerprint density at radius 1 is 0.946 bits per heavy atom. The van der Waals surface area contributed by atoms with E-state index in [0.717, 1.165) is 0 Å². The number of imidazole rings is 1. The van der Waals surface area contributed by atoms with Crippen molar-refractivity contribution in [2.75, 3.05) is 26.2 Å². The molecule has 1 unspecified atom stereocenters. The minimum Gasteiger partial charge on any atom is -0.507 e. The number of Topliss-reactive ketones (excluding diaryl/α,β-unsaturated/α-hetero) is 1. The van der Waals surface area contributed by atoms with Crippen molar-refractivity contribution in [2.24, 2.45) is 0 Å². The molecule has 2 N–H and O–H groups in total. The second kappa shape index (κ2) is 9.51. The van der Waals surface area contributed by atoms with Crippen molar-refractivity contribution < 1.29 is 28.9 Å². The molecule has 1 fully saturated rings. The number of ether oxygens (including phenoxy) is 3. The molecule has 1 saturated heterocycles. The zero-order valence-corrected chi connectivity index (χ0v) is 20.9. The Kier molecular flexibility index (Phi) is 6.22. The highest BCUT2D eigenvalue weighted by Gasteiger charge is 2.48. The van der Waals surface area contributed by atoms with Crippen LogP contribution in [0.15, 0.2) is 66.2 Å². The first kappa shape index (κ1) is 24.2. The van der Waals surface area contributed by atoms with Gasteiger partial charge >= 0.3 is 5.91 Å². The number of benzene rings is 3.